The van der Waals surface area contributed by atoms with E-state index in [1.807, 2.05) is 20.8 Å². The van der Waals surface area contributed by atoms with Crippen LogP contribution in [0.25, 0.3) is 0 Å². The van der Waals surface area contributed by atoms with Gasteiger partial charge in [0.15, 0.2) is 16.6 Å². The average Bonchev–Trinajstić information content (AvgIpc) is 3.18. The molecule has 0 amide bonds. The van der Waals surface area contributed by atoms with Crippen LogP contribution in [-0.4, -0.2) is 53.6 Å². The number of carbonyl (C=O) groups is 1. The molecule has 4 aliphatic carbocycles. The van der Waals surface area contributed by atoms with Crippen molar-refractivity contribution in [2.45, 2.75) is 162 Å². The van der Waals surface area contributed by atoms with Gasteiger partial charge in [-0.05, 0) is 112 Å². The molecule has 7 heteroatoms. The Morgan fingerprint density at radius 2 is 1.49 bits per heavy atom. The highest BCUT2D eigenvalue weighted by molar-refractivity contribution is 6.74. The molecule has 0 saturated heterocycles. The lowest BCUT2D eigenvalue weighted by Crippen LogP contribution is -2.58. The zero-order valence-electron chi connectivity index (χ0n) is 31.5. The van der Waals surface area contributed by atoms with Crippen molar-refractivity contribution in [1.29, 1.82) is 0 Å². The summed E-state index contributed by atoms with van der Waals surface area (Å²) in [5.41, 5.74) is 3.99. The number of rotatable bonds is 8. The van der Waals surface area contributed by atoms with E-state index in [0.717, 1.165) is 32.1 Å². The maximum Gasteiger partial charge on any atom is 0.332 e. The van der Waals surface area contributed by atoms with Gasteiger partial charge in [0.1, 0.15) is 12.2 Å². The van der Waals surface area contributed by atoms with E-state index in [0.29, 0.717) is 18.4 Å². The number of ether oxygens (including phenoxy) is 2. The summed E-state index contributed by atoms with van der Waals surface area (Å²) in [7, 11) is -3.98. The molecule has 0 aromatic rings. The molecule has 0 N–H and O–H groups in total. The molecule has 4 aliphatic rings. The molecule has 2 unspecified atom stereocenters. The fourth-order valence-corrected chi connectivity index (χ4v) is 10.7. The van der Waals surface area contributed by atoms with Gasteiger partial charge in [0.2, 0.25) is 0 Å². The molecule has 5 nitrogen and oxygen atoms in total. The second-order valence-corrected chi connectivity index (χ2v) is 28.6. The first-order valence-electron chi connectivity index (χ1n) is 17.6. The van der Waals surface area contributed by atoms with Crippen LogP contribution in [0.4, 0.5) is 0 Å². The number of fused-ring (bicyclic) bond motifs is 5. The summed E-state index contributed by atoms with van der Waals surface area (Å²) in [6, 6.07) is 0. The third kappa shape index (κ3) is 7.23. The Balaban J connectivity index is 1.61. The first-order chi connectivity index (χ1) is 20.3. The Labute approximate surface area is 278 Å². The Kier molecular flexibility index (Phi) is 9.95. The number of hydrogen-bond donors (Lipinski definition) is 0. The third-order valence-electron chi connectivity index (χ3n) is 12.8. The van der Waals surface area contributed by atoms with Crippen LogP contribution >= 0.6 is 0 Å². The highest BCUT2D eigenvalue weighted by Gasteiger charge is 2.59. The van der Waals surface area contributed by atoms with Gasteiger partial charge in [0, 0.05) is 5.41 Å². The minimum Gasteiger partial charge on any atom is -0.458 e. The number of esters is 1. The molecule has 0 aliphatic heterocycles. The molecule has 0 aromatic carbocycles. The topological polar surface area (TPSA) is 54.0 Å². The first-order valence-corrected chi connectivity index (χ1v) is 23.4. The zero-order valence-corrected chi connectivity index (χ0v) is 33.5. The quantitative estimate of drug-likeness (QED) is 0.148. The standard InChI is InChI=1S/C38H66O5Si2/c1-34(2,3)41-33(39)25-40-24-27-17-19-30-29-18-16-26-22-28(42-44(12,13)35(4,5)6)23-32(43-45(14,15)36(7,8)9)38(26,11)31(29)20-21-37(27,30)10/h16-18,28,30-32H,19-25H2,1-15H3/t28?,30-,31-,32?,37+,38-/m0/s1. The van der Waals surface area contributed by atoms with Crippen molar-refractivity contribution < 1.29 is 23.1 Å². The maximum absolute atomic E-state index is 12.3. The van der Waals surface area contributed by atoms with Crippen LogP contribution in [0.3, 0.4) is 0 Å². The van der Waals surface area contributed by atoms with Crippen LogP contribution in [0, 0.1) is 22.7 Å². The largest absolute Gasteiger partial charge is 0.458 e. The third-order valence-corrected chi connectivity index (χ3v) is 21.8. The van der Waals surface area contributed by atoms with Crippen LogP contribution in [0.5, 0.6) is 0 Å². The van der Waals surface area contributed by atoms with Crippen molar-refractivity contribution in [1.82, 2.24) is 0 Å². The SMILES string of the molecule is CC(C)(C)OC(=O)COCC1=CC[C@H]2C3=CC=C4CC(O[Si](C)(C)C(C)(C)C)CC(O[Si](C)(C)C(C)(C)C)[C@]4(C)[C@H]3CC[C@]12C. The fraction of sp³-hybridized carbons (Fsp3) is 0.816. The van der Waals surface area contributed by atoms with Gasteiger partial charge >= 0.3 is 5.97 Å². The van der Waals surface area contributed by atoms with Crippen LogP contribution < -0.4 is 0 Å². The summed E-state index contributed by atoms with van der Waals surface area (Å²) in [6.07, 6.45) is 13.0. The lowest BCUT2D eigenvalue weighted by atomic mass is 9.50. The smallest absolute Gasteiger partial charge is 0.332 e. The van der Waals surface area contributed by atoms with Crippen LogP contribution in [0.1, 0.15) is 108 Å². The van der Waals surface area contributed by atoms with E-state index in [2.05, 4.69) is 99.8 Å². The molecule has 256 valence electrons. The Morgan fingerprint density at radius 1 is 0.889 bits per heavy atom. The van der Waals surface area contributed by atoms with Crippen molar-refractivity contribution in [2.24, 2.45) is 22.7 Å². The minimum absolute atomic E-state index is 0.00453. The Morgan fingerprint density at radius 3 is 2.07 bits per heavy atom. The zero-order chi connectivity index (χ0) is 34.0. The lowest BCUT2D eigenvalue weighted by molar-refractivity contribution is -0.160. The van der Waals surface area contributed by atoms with Crippen LogP contribution in [-0.2, 0) is 23.1 Å². The molecule has 0 heterocycles. The summed E-state index contributed by atoms with van der Waals surface area (Å²) in [5, 5.41) is 0.317. The molecule has 0 bridgehead atoms. The highest BCUT2D eigenvalue weighted by atomic mass is 28.4. The van der Waals surface area contributed by atoms with Crippen LogP contribution in [0.15, 0.2) is 34.9 Å². The van der Waals surface area contributed by atoms with Crippen LogP contribution in [0.2, 0.25) is 36.3 Å². The van der Waals surface area contributed by atoms with Gasteiger partial charge in [0.05, 0.1) is 18.8 Å². The number of carbonyl (C=O) groups excluding carboxylic acids is 1. The molecule has 2 saturated carbocycles. The molecule has 0 aromatic heterocycles. The van der Waals surface area contributed by atoms with Crippen molar-refractivity contribution in [3.63, 3.8) is 0 Å². The van der Waals surface area contributed by atoms with Crippen molar-refractivity contribution in [2.75, 3.05) is 13.2 Å². The molecular formula is C38H66O5Si2. The molecular weight excluding hydrogens is 593 g/mol. The first kappa shape index (κ1) is 36.8. The predicted molar refractivity (Wildman–Crippen MR) is 191 cm³/mol. The summed E-state index contributed by atoms with van der Waals surface area (Å²) < 4.78 is 26.1. The van der Waals surface area contributed by atoms with Crippen molar-refractivity contribution in [3.8, 4) is 0 Å². The van der Waals surface area contributed by atoms with Crippen molar-refractivity contribution >= 4 is 22.6 Å². The second-order valence-electron chi connectivity index (χ2n) is 19.1. The highest BCUT2D eigenvalue weighted by Crippen LogP contribution is 2.64. The fourth-order valence-electron chi connectivity index (χ4n) is 7.90. The van der Waals surface area contributed by atoms with Gasteiger partial charge in [0.25, 0.3) is 0 Å². The molecule has 45 heavy (non-hydrogen) atoms. The monoisotopic (exact) mass is 658 g/mol. The normalized spacial score (nSPS) is 32.6. The Bertz CT molecular complexity index is 1220. The minimum atomic E-state index is -2.04. The molecule has 2 fully saturated rings. The van der Waals surface area contributed by atoms with Gasteiger partial charge in [-0.15, -0.1) is 0 Å². The molecule has 0 radical (unpaired) electrons. The van der Waals surface area contributed by atoms with E-state index < -0.39 is 22.2 Å². The van der Waals surface area contributed by atoms with Crippen molar-refractivity contribution in [3.05, 3.63) is 34.9 Å². The van der Waals surface area contributed by atoms with E-state index in [1.165, 1.54) is 11.1 Å². The number of allylic oxidation sites excluding steroid dienone is 4. The maximum atomic E-state index is 12.3. The van der Waals surface area contributed by atoms with E-state index >= 15 is 0 Å². The van der Waals surface area contributed by atoms with E-state index in [4.69, 9.17) is 18.3 Å². The van der Waals surface area contributed by atoms with Gasteiger partial charge in [-0.3, -0.25) is 0 Å². The summed E-state index contributed by atoms with van der Waals surface area (Å²) in [4.78, 5) is 12.3. The summed E-state index contributed by atoms with van der Waals surface area (Å²) in [5.74, 6) is 0.628. The van der Waals surface area contributed by atoms with E-state index in [1.54, 1.807) is 5.57 Å². The summed E-state index contributed by atoms with van der Waals surface area (Å²) in [6.45, 7) is 34.9. The second kappa shape index (κ2) is 12.2. The summed E-state index contributed by atoms with van der Waals surface area (Å²) >= 11 is 0. The van der Waals surface area contributed by atoms with E-state index in [-0.39, 0.29) is 45.7 Å². The molecule has 4 rings (SSSR count). The van der Waals surface area contributed by atoms with Gasteiger partial charge < -0.3 is 18.3 Å². The number of hydrogen-bond acceptors (Lipinski definition) is 5. The molecule has 0 spiro atoms. The van der Waals surface area contributed by atoms with Gasteiger partial charge in [-0.1, -0.05) is 84.8 Å². The average molecular weight is 659 g/mol. The van der Waals surface area contributed by atoms with Gasteiger partial charge in [-0.2, -0.15) is 0 Å². The van der Waals surface area contributed by atoms with E-state index in [9.17, 15) is 4.79 Å². The predicted octanol–water partition coefficient (Wildman–Crippen LogP) is 10.2. The van der Waals surface area contributed by atoms with Gasteiger partial charge in [-0.25, -0.2) is 4.79 Å². The Hall–Kier alpha value is -0.996. The lowest BCUT2D eigenvalue weighted by Gasteiger charge is -2.59. The molecule has 6 atom stereocenters.